The van der Waals surface area contributed by atoms with Gasteiger partial charge in [0.05, 0.1) is 5.75 Å². The van der Waals surface area contributed by atoms with Gasteiger partial charge < -0.3 is 5.11 Å². The smallest absolute Gasteiger partial charge is 0.303 e. The molecular weight excluding hydrogens is 254 g/mol. The summed E-state index contributed by atoms with van der Waals surface area (Å²) in [6.07, 6.45) is 0.00913. The van der Waals surface area contributed by atoms with Crippen LogP contribution in [-0.4, -0.2) is 36.6 Å². The molecule has 1 aromatic rings. The number of nitrogens with zero attached hydrogens (tertiary/aromatic N) is 1. The molecule has 100 valence electrons. The largest absolute Gasteiger partial charge is 0.481 e. The number of carboxylic acid groups (broad SMARTS) is 1. The van der Waals surface area contributed by atoms with Crippen LogP contribution in [-0.2, 0) is 21.4 Å². The lowest BCUT2D eigenvalue weighted by Crippen LogP contribution is -2.29. The third-order valence-corrected chi connectivity index (χ3v) is 4.40. The lowest BCUT2D eigenvalue weighted by atomic mass is 10.2. The van der Waals surface area contributed by atoms with Gasteiger partial charge in [0, 0.05) is 20.0 Å². The SMILES string of the molecule is CN(Cc1ccccc1)S(=O)(=O)CCCC(=O)O. The average Bonchev–Trinajstić information content (AvgIpc) is 2.29. The number of benzene rings is 1. The molecule has 0 saturated heterocycles. The molecule has 0 amide bonds. The van der Waals surface area contributed by atoms with Crippen molar-refractivity contribution in [3.63, 3.8) is 0 Å². The molecule has 0 fully saturated rings. The van der Waals surface area contributed by atoms with Crippen molar-refractivity contribution in [2.75, 3.05) is 12.8 Å². The second-order valence-corrected chi connectivity index (χ2v) is 6.25. The zero-order valence-electron chi connectivity index (χ0n) is 10.2. The number of aliphatic carboxylic acids is 1. The fourth-order valence-electron chi connectivity index (χ4n) is 1.50. The monoisotopic (exact) mass is 271 g/mol. The van der Waals surface area contributed by atoms with Crippen LogP contribution in [0, 0.1) is 0 Å². The summed E-state index contributed by atoms with van der Waals surface area (Å²) in [5, 5.41) is 8.48. The Hall–Kier alpha value is -1.40. The topological polar surface area (TPSA) is 74.7 Å². The summed E-state index contributed by atoms with van der Waals surface area (Å²) < 4.78 is 25.0. The van der Waals surface area contributed by atoms with Crippen LogP contribution in [0.2, 0.25) is 0 Å². The Balaban J connectivity index is 2.54. The molecule has 5 nitrogen and oxygen atoms in total. The maximum Gasteiger partial charge on any atom is 0.303 e. The summed E-state index contributed by atoms with van der Waals surface area (Å²) in [5.41, 5.74) is 0.904. The van der Waals surface area contributed by atoms with Crippen molar-refractivity contribution < 1.29 is 18.3 Å². The molecule has 0 saturated carbocycles. The van der Waals surface area contributed by atoms with E-state index in [0.717, 1.165) is 5.56 Å². The van der Waals surface area contributed by atoms with Gasteiger partial charge in [0.25, 0.3) is 0 Å². The first-order valence-electron chi connectivity index (χ1n) is 5.61. The molecule has 1 aromatic carbocycles. The highest BCUT2D eigenvalue weighted by atomic mass is 32.2. The molecule has 1 rings (SSSR count). The first-order chi connectivity index (χ1) is 8.42. The van der Waals surface area contributed by atoms with Crippen LogP contribution in [0.5, 0.6) is 0 Å². The van der Waals surface area contributed by atoms with Crippen molar-refractivity contribution in [1.29, 1.82) is 0 Å². The highest BCUT2D eigenvalue weighted by molar-refractivity contribution is 7.89. The van der Waals surface area contributed by atoms with Gasteiger partial charge in [-0.25, -0.2) is 12.7 Å². The zero-order chi connectivity index (χ0) is 13.6. The van der Waals surface area contributed by atoms with Crippen LogP contribution >= 0.6 is 0 Å². The van der Waals surface area contributed by atoms with Crippen molar-refractivity contribution >= 4 is 16.0 Å². The van der Waals surface area contributed by atoms with Gasteiger partial charge in [-0.05, 0) is 12.0 Å². The summed E-state index contributed by atoms with van der Waals surface area (Å²) in [7, 11) is -1.88. The van der Waals surface area contributed by atoms with Gasteiger partial charge in [-0.1, -0.05) is 30.3 Å². The van der Waals surface area contributed by atoms with Crippen LogP contribution < -0.4 is 0 Å². The minimum absolute atomic E-state index is 0.127. The predicted molar refractivity (Wildman–Crippen MR) is 68.6 cm³/mol. The Labute approximate surface area is 107 Å². The summed E-state index contributed by atoms with van der Waals surface area (Å²) in [6, 6.07) is 9.26. The molecule has 0 bridgehead atoms. The lowest BCUT2D eigenvalue weighted by molar-refractivity contribution is -0.137. The summed E-state index contributed by atoms with van der Waals surface area (Å²) in [5.74, 6) is -1.11. The Bertz CT molecular complexity index is 484. The summed E-state index contributed by atoms with van der Waals surface area (Å²) in [6.45, 7) is 0.302. The van der Waals surface area contributed by atoms with Gasteiger partial charge >= 0.3 is 5.97 Å². The Morgan fingerprint density at radius 2 is 1.89 bits per heavy atom. The third kappa shape index (κ3) is 4.85. The van der Waals surface area contributed by atoms with E-state index in [9.17, 15) is 13.2 Å². The van der Waals surface area contributed by atoms with E-state index in [2.05, 4.69) is 0 Å². The van der Waals surface area contributed by atoms with E-state index in [-0.39, 0.29) is 18.6 Å². The predicted octanol–water partition coefficient (Wildman–Crippen LogP) is 1.31. The molecule has 1 N–H and O–H groups in total. The second kappa shape index (κ2) is 6.51. The molecule has 0 aliphatic heterocycles. The Morgan fingerprint density at radius 1 is 1.28 bits per heavy atom. The van der Waals surface area contributed by atoms with E-state index in [0.29, 0.717) is 6.54 Å². The zero-order valence-corrected chi connectivity index (χ0v) is 11.1. The highest BCUT2D eigenvalue weighted by Crippen LogP contribution is 2.09. The van der Waals surface area contributed by atoms with E-state index >= 15 is 0 Å². The number of sulfonamides is 1. The van der Waals surface area contributed by atoms with Crippen molar-refractivity contribution in [1.82, 2.24) is 4.31 Å². The van der Waals surface area contributed by atoms with Crippen LogP contribution in [0.3, 0.4) is 0 Å². The number of hydrogen-bond acceptors (Lipinski definition) is 3. The van der Waals surface area contributed by atoms with Crippen molar-refractivity contribution in [3.8, 4) is 0 Å². The summed E-state index contributed by atoms with van der Waals surface area (Å²) >= 11 is 0. The third-order valence-electron chi connectivity index (χ3n) is 2.52. The van der Waals surface area contributed by atoms with Gasteiger partial charge in [0.1, 0.15) is 0 Å². The number of rotatable bonds is 7. The average molecular weight is 271 g/mol. The second-order valence-electron chi connectivity index (χ2n) is 4.05. The molecule has 0 heterocycles. The fourth-order valence-corrected chi connectivity index (χ4v) is 2.67. The minimum Gasteiger partial charge on any atom is -0.481 e. The van der Waals surface area contributed by atoms with E-state index in [1.165, 1.54) is 11.4 Å². The summed E-state index contributed by atoms with van der Waals surface area (Å²) in [4.78, 5) is 10.3. The highest BCUT2D eigenvalue weighted by Gasteiger charge is 2.18. The molecule has 0 spiro atoms. The van der Waals surface area contributed by atoms with Gasteiger partial charge in [-0.2, -0.15) is 0 Å². The number of carbonyl (C=O) groups is 1. The first-order valence-corrected chi connectivity index (χ1v) is 7.22. The van der Waals surface area contributed by atoms with E-state index in [4.69, 9.17) is 5.11 Å². The maximum absolute atomic E-state index is 11.8. The minimum atomic E-state index is -3.38. The van der Waals surface area contributed by atoms with Gasteiger partial charge in [-0.3, -0.25) is 4.79 Å². The molecule has 0 atom stereocenters. The Morgan fingerprint density at radius 3 is 2.44 bits per heavy atom. The van der Waals surface area contributed by atoms with Crippen molar-refractivity contribution in [3.05, 3.63) is 35.9 Å². The standard InChI is InChI=1S/C12H17NO4S/c1-13(10-11-6-3-2-4-7-11)18(16,17)9-5-8-12(14)15/h2-4,6-7H,5,8-10H2,1H3,(H,14,15). The van der Waals surface area contributed by atoms with Crippen LogP contribution in [0.15, 0.2) is 30.3 Å². The van der Waals surface area contributed by atoms with Crippen LogP contribution in [0.25, 0.3) is 0 Å². The fraction of sp³-hybridized carbons (Fsp3) is 0.417. The van der Waals surface area contributed by atoms with Crippen LogP contribution in [0.1, 0.15) is 18.4 Å². The molecule has 6 heteroatoms. The Kier molecular flexibility index (Phi) is 5.30. The normalized spacial score (nSPS) is 11.7. The lowest BCUT2D eigenvalue weighted by Gasteiger charge is -2.16. The van der Waals surface area contributed by atoms with E-state index in [1.54, 1.807) is 0 Å². The number of carboxylic acids is 1. The molecule has 0 radical (unpaired) electrons. The molecule has 0 aromatic heterocycles. The molecule has 0 unspecified atom stereocenters. The quantitative estimate of drug-likeness (QED) is 0.811. The van der Waals surface area contributed by atoms with E-state index < -0.39 is 16.0 Å². The van der Waals surface area contributed by atoms with Gasteiger partial charge in [0.2, 0.25) is 10.0 Å². The molecular formula is C12H17NO4S. The number of hydrogen-bond donors (Lipinski definition) is 1. The van der Waals surface area contributed by atoms with Crippen molar-refractivity contribution in [2.45, 2.75) is 19.4 Å². The maximum atomic E-state index is 11.8. The molecule has 18 heavy (non-hydrogen) atoms. The molecule has 0 aliphatic carbocycles. The van der Waals surface area contributed by atoms with E-state index in [1.807, 2.05) is 30.3 Å². The van der Waals surface area contributed by atoms with Gasteiger partial charge in [-0.15, -0.1) is 0 Å². The van der Waals surface area contributed by atoms with Crippen LogP contribution in [0.4, 0.5) is 0 Å². The van der Waals surface area contributed by atoms with Crippen molar-refractivity contribution in [2.24, 2.45) is 0 Å². The van der Waals surface area contributed by atoms with Gasteiger partial charge in [0.15, 0.2) is 0 Å². The first kappa shape index (κ1) is 14.7. The molecule has 0 aliphatic rings.